The van der Waals surface area contributed by atoms with E-state index in [4.69, 9.17) is 9.57 Å². The fourth-order valence-electron chi connectivity index (χ4n) is 2.51. The van der Waals surface area contributed by atoms with Gasteiger partial charge >= 0.3 is 0 Å². The van der Waals surface area contributed by atoms with Crippen molar-refractivity contribution in [1.29, 1.82) is 0 Å². The van der Waals surface area contributed by atoms with Gasteiger partial charge < -0.3 is 9.30 Å². The van der Waals surface area contributed by atoms with Crippen LogP contribution in [0.25, 0.3) is 0 Å². The summed E-state index contributed by atoms with van der Waals surface area (Å²) in [5, 5.41) is 0. The van der Waals surface area contributed by atoms with Crippen molar-refractivity contribution in [2.24, 2.45) is 0 Å². The number of rotatable bonds is 3. The van der Waals surface area contributed by atoms with Crippen molar-refractivity contribution in [2.45, 2.75) is 31.4 Å². The summed E-state index contributed by atoms with van der Waals surface area (Å²) in [4.78, 5) is 29.1. The van der Waals surface area contributed by atoms with E-state index in [9.17, 15) is 9.59 Å². The molecule has 2 aliphatic heterocycles. The van der Waals surface area contributed by atoms with Gasteiger partial charge in [-0.3, -0.25) is 14.4 Å². The summed E-state index contributed by atoms with van der Waals surface area (Å²) < 4.78 is 6.88. The molecular weight excluding hydrogens is 248 g/mol. The summed E-state index contributed by atoms with van der Waals surface area (Å²) in [7, 11) is 0. The Hall–Kier alpha value is -1.66. The third-order valence-electron chi connectivity index (χ3n) is 3.56. The number of hydroxylamine groups is 1. The molecule has 0 saturated carbocycles. The molecular formula is C13H16N2O4. The number of aromatic nitrogens is 1. The Morgan fingerprint density at radius 2 is 2.37 bits per heavy atom. The Balaban J connectivity index is 1.64. The average Bonchev–Trinajstić information content (AvgIpc) is 3.08. The monoisotopic (exact) mass is 264 g/mol. The molecule has 0 aliphatic carbocycles. The van der Waals surface area contributed by atoms with Gasteiger partial charge in [0.05, 0.1) is 12.3 Å². The quantitative estimate of drug-likeness (QED) is 0.821. The first kappa shape index (κ1) is 12.4. The van der Waals surface area contributed by atoms with E-state index in [0.717, 1.165) is 6.42 Å². The van der Waals surface area contributed by atoms with Gasteiger partial charge in [0.2, 0.25) is 0 Å². The van der Waals surface area contributed by atoms with Crippen LogP contribution < -0.4 is 5.48 Å². The van der Waals surface area contributed by atoms with Crippen LogP contribution in [0.4, 0.5) is 0 Å². The van der Waals surface area contributed by atoms with Crippen molar-refractivity contribution in [3.63, 3.8) is 0 Å². The number of ketones is 1. The van der Waals surface area contributed by atoms with Crippen molar-refractivity contribution >= 4 is 11.7 Å². The van der Waals surface area contributed by atoms with Crippen LogP contribution in [0, 0.1) is 0 Å². The Bertz CT molecular complexity index is 491. The summed E-state index contributed by atoms with van der Waals surface area (Å²) in [6, 6.07) is 3.16. The van der Waals surface area contributed by atoms with E-state index in [1.54, 1.807) is 22.9 Å². The highest BCUT2D eigenvalue weighted by atomic mass is 16.7. The minimum atomic E-state index is -0.370. The van der Waals surface area contributed by atoms with Crippen LogP contribution in [0.15, 0.2) is 18.3 Å². The lowest BCUT2D eigenvalue weighted by atomic mass is 10.0. The summed E-state index contributed by atoms with van der Waals surface area (Å²) in [6.45, 7) is 1.18. The zero-order valence-corrected chi connectivity index (χ0v) is 10.5. The molecule has 1 fully saturated rings. The summed E-state index contributed by atoms with van der Waals surface area (Å²) in [6.07, 6.45) is 3.39. The molecule has 6 nitrogen and oxygen atoms in total. The van der Waals surface area contributed by atoms with Gasteiger partial charge in [0, 0.05) is 25.6 Å². The van der Waals surface area contributed by atoms with E-state index in [2.05, 4.69) is 5.48 Å². The molecule has 102 valence electrons. The van der Waals surface area contributed by atoms with Crippen molar-refractivity contribution < 1.29 is 19.2 Å². The lowest BCUT2D eigenvalue weighted by molar-refractivity contribution is -0.142. The maximum absolute atomic E-state index is 12.1. The summed E-state index contributed by atoms with van der Waals surface area (Å²) in [5.74, 6) is -0.129. The number of hydrogen-bond acceptors (Lipinski definition) is 4. The van der Waals surface area contributed by atoms with Gasteiger partial charge in [0.1, 0.15) is 12.1 Å². The van der Waals surface area contributed by atoms with Gasteiger partial charge in [-0.25, -0.2) is 5.48 Å². The topological polar surface area (TPSA) is 69.6 Å². The number of carbonyl (C=O) groups is 2. The number of Topliss-reactive ketones (excluding diaryl/α,β-unsaturated/α-hetero) is 1. The molecule has 6 heteroatoms. The van der Waals surface area contributed by atoms with Crippen LogP contribution in [0.5, 0.6) is 0 Å². The molecule has 19 heavy (non-hydrogen) atoms. The molecule has 0 aromatic carbocycles. The second-order valence-corrected chi connectivity index (χ2v) is 4.85. The maximum atomic E-state index is 12.1. The highest BCUT2D eigenvalue weighted by Gasteiger charge is 2.30. The molecule has 3 rings (SSSR count). The van der Waals surface area contributed by atoms with Crippen LogP contribution in [0.1, 0.15) is 35.8 Å². The van der Waals surface area contributed by atoms with Gasteiger partial charge in [-0.15, -0.1) is 0 Å². The van der Waals surface area contributed by atoms with E-state index in [1.165, 1.54) is 0 Å². The van der Waals surface area contributed by atoms with Gasteiger partial charge in [-0.05, 0) is 18.6 Å². The molecule has 2 unspecified atom stereocenters. The van der Waals surface area contributed by atoms with E-state index in [0.29, 0.717) is 31.7 Å². The number of carbonyl (C=O) groups excluding carboxylic acids is 2. The standard InChI is InChI=1S/C13H16N2O4/c16-12-4-3-11(15-6-1-2-10(12)15)13(17)14-19-9-5-7-18-8-9/h1-2,6,9,11H,3-5,7-8H2,(H,14,17). The Labute approximate surface area is 110 Å². The van der Waals surface area contributed by atoms with Crippen LogP contribution >= 0.6 is 0 Å². The third-order valence-corrected chi connectivity index (χ3v) is 3.56. The van der Waals surface area contributed by atoms with Gasteiger partial charge in [-0.1, -0.05) is 0 Å². The number of nitrogens with one attached hydrogen (secondary N) is 1. The van der Waals surface area contributed by atoms with Crippen molar-refractivity contribution in [1.82, 2.24) is 10.0 Å². The average molecular weight is 264 g/mol. The first-order chi connectivity index (χ1) is 9.25. The van der Waals surface area contributed by atoms with Crippen LogP contribution in [-0.4, -0.2) is 35.6 Å². The fourth-order valence-corrected chi connectivity index (χ4v) is 2.51. The molecule has 0 radical (unpaired) electrons. The zero-order valence-electron chi connectivity index (χ0n) is 10.5. The van der Waals surface area contributed by atoms with Crippen molar-refractivity contribution in [3.05, 3.63) is 24.0 Å². The molecule has 0 bridgehead atoms. The second kappa shape index (κ2) is 5.14. The Morgan fingerprint density at radius 3 is 3.16 bits per heavy atom. The molecule has 3 heterocycles. The smallest absolute Gasteiger partial charge is 0.266 e. The minimum absolute atomic E-state index is 0.0710. The van der Waals surface area contributed by atoms with Crippen LogP contribution in [0.2, 0.25) is 0 Å². The van der Waals surface area contributed by atoms with Gasteiger partial charge in [-0.2, -0.15) is 0 Å². The predicted octanol–water partition coefficient (Wildman–Crippen LogP) is 0.842. The largest absolute Gasteiger partial charge is 0.379 e. The van der Waals surface area contributed by atoms with Gasteiger partial charge in [0.15, 0.2) is 5.78 Å². The van der Waals surface area contributed by atoms with E-state index < -0.39 is 0 Å². The Kier molecular flexibility index (Phi) is 3.35. The molecule has 1 amide bonds. The lowest BCUT2D eigenvalue weighted by Crippen LogP contribution is -2.38. The normalized spacial score (nSPS) is 26.2. The SMILES string of the molecule is O=C1CCC(C(=O)NOC2CCOC2)n2cccc21. The van der Waals surface area contributed by atoms with E-state index in [1.807, 2.05) is 0 Å². The molecule has 0 spiro atoms. The maximum Gasteiger partial charge on any atom is 0.266 e. The molecule has 2 atom stereocenters. The minimum Gasteiger partial charge on any atom is -0.379 e. The fraction of sp³-hybridized carbons (Fsp3) is 0.538. The first-order valence-electron chi connectivity index (χ1n) is 6.49. The summed E-state index contributed by atoms with van der Waals surface area (Å²) >= 11 is 0. The number of nitrogens with zero attached hydrogens (tertiary/aromatic N) is 1. The highest BCUT2D eigenvalue weighted by molar-refractivity contribution is 5.97. The molecule has 1 aromatic rings. The lowest BCUT2D eigenvalue weighted by Gasteiger charge is -2.24. The van der Waals surface area contributed by atoms with Gasteiger partial charge in [0.25, 0.3) is 5.91 Å². The highest BCUT2D eigenvalue weighted by Crippen LogP contribution is 2.25. The predicted molar refractivity (Wildman–Crippen MR) is 65.5 cm³/mol. The van der Waals surface area contributed by atoms with Crippen molar-refractivity contribution in [2.75, 3.05) is 13.2 Å². The summed E-state index contributed by atoms with van der Waals surface area (Å²) in [5.41, 5.74) is 3.08. The number of hydrogen-bond donors (Lipinski definition) is 1. The molecule has 1 aromatic heterocycles. The molecule has 1 N–H and O–H groups in total. The number of amides is 1. The first-order valence-corrected chi connectivity index (χ1v) is 6.49. The molecule has 2 aliphatic rings. The number of ether oxygens (including phenoxy) is 1. The zero-order chi connectivity index (χ0) is 13.2. The van der Waals surface area contributed by atoms with E-state index in [-0.39, 0.29) is 23.8 Å². The van der Waals surface area contributed by atoms with Crippen molar-refractivity contribution in [3.8, 4) is 0 Å². The second-order valence-electron chi connectivity index (χ2n) is 4.85. The van der Waals surface area contributed by atoms with E-state index >= 15 is 0 Å². The van der Waals surface area contributed by atoms with Crippen LogP contribution in [0.3, 0.4) is 0 Å². The number of fused-ring (bicyclic) bond motifs is 1. The molecule has 1 saturated heterocycles. The Morgan fingerprint density at radius 1 is 1.47 bits per heavy atom. The third kappa shape index (κ3) is 2.41. The van der Waals surface area contributed by atoms with Crippen LogP contribution in [-0.2, 0) is 14.4 Å².